The topological polar surface area (TPSA) is 81.6 Å². The van der Waals surface area contributed by atoms with Crippen LogP contribution in [-0.4, -0.2) is 62.6 Å². The van der Waals surface area contributed by atoms with E-state index in [0.29, 0.717) is 24.8 Å². The van der Waals surface area contributed by atoms with Crippen LogP contribution >= 0.6 is 12.4 Å². The molecule has 9 heteroatoms. The average molecular weight is 404 g/mol. The van der Waals surface area contributed by atoms with Crippen molar-refractivity contribution in [1.82, 2.24) is 29.4 Å². The number of aromatic nitrogens is 4. The van der Waals surface area contributed by atoms with Gasteiger partial charge in [0.05, 0.1) is 5.69 Å². The summed E-state index contributed by atoms with van der Waals surface area (Å²) in [5.74, 6) is 0.940. The van der Waals surface area contributed by atoms with Gasteiger partial charge in [0.1, 0.15) is 0 Å². The van der Waals surface area contributed by atoms with Crippen LogP contribution in [0.25, 0.3) is 5.78 Å². The number of hydrogen-bond acceptors (Lipinski definition) is 6. The van der Waals surface area contributed by atoms with Gasteiger partial charge < -0.3 is 10.2 Å². The number of benzene rings is 1. The van der Waals surface area contributed by atoms with Crippen molar-refractivity contribution in [2.24, 2.45) is 0 Å². The third-order valence-electron chi connectivity index (χ3n) is 4.95. The number of hydrogen-bond donors (Lipinski definition) is 2. The summed E-state index contributed by atoms with van der Waals surface area (Å²) in [7, 11) is 2.13. The van der Waals surface area contributed by atoms with E-state index in [4.69, 9.17) is 0 Å². The smallest absolute Gasteiger partial charge is 0.274 e. The van der Waals surface area contributed by atoms with E-state index in [0.717, 1.165) is 37.4 Å². The first kappa shape index (κ1) is 20.3. The molecule has 2 aromatic heterocycles. The number of halogens is 1. The van der Waals surface area contributed by atoms with Crippen LogP contribution in [0.15, 0.2) is 35.1 Å². The molecule has 0 bridgehead atoms. The molecule has 1 aliphatic heterocycles. The molecule has 3 aromatic rings. The van der Waals surface area contributed by atoms with E-state index in [2.05, 4.69) is 68.4 Å². The average Bonchev–Trinajstić information content (AvgIpc) is 3.07. The molecule has 8 nitrogen and oxygen atoms in total. The highest BCUT2D eigenvalue weighted by Crippen LogP contribution is 2.09. The minimum atomic E-state index is -0.139. The van der Waals surface area contributed by atoms with Gasteiger partial charge in [0.15, 0.2) is 0 Å². The predicted molar refractivity (Wildman–Crippen MR) is 112 cm³/mol. The van der Waals surface area contributed by atoms with Crippen LogP contribution in [0.1, 0.15) is 16.8 Å². The number of aryl methyl sites for hydroxylation is 1. The zero-order valence-corrected chi connectivity index (χ0v) is 17.0. The number of piperazine rings is 1. The van der Waals surface area contributed by atoms with Crippen molar-refractivity contribution in [1.29, 1.82) is 0 Å². The molecule has 0 radical (unpaired) electrons. The Morgan fingerprint density at radius 2 is 1.82 bits per heavy atom. The van der Waals surface area contributed by atoms with Crippen molar-refractivity contribution >= 4 is 24.1 Å². The van der Waals surface area contributed by atoms with Crippen molar-refractivity contribution in [3.05, 3.63) is 57.5 Å². The normalized spacial score (nSPS) is 15.5. The second-order valence-corrected chi connectivity index (χ2v) is 7.21. The Kier molecular flexibility index (Phi) is 6.33. The third kappa shape index (κ3) is 4.70. The van der Waals surface area contributed by atoms with Gasteiger partial charge in [0.25, 0.3) is 11.3 Å². The van der Waals surface area contributed by atoms with Crippen molar-refractivity contribution in [3.63, 3.8) is 0 Å². The fourth-order valence-electron chi connectivity index (χ4n) is 3.21. The lowest BCUT2D eigenvalue weighted by atomic mass is 10.1. The highest BCUT2D eigenvalue weighted by atomic mass is 35.5. The first-order valence-electron chi connectivity index (χ1n) is 9.26. The van der Waals surface area contributed by atoms with Crippen molar-refractivity contribution in [2.45, 2.75) is 20.0 Å². The summed E-state index contributed by atoms with van der Waals surface area (Å²) in [6.07, 6.45) is 0. The van der Waals surface area contributed by atoms with Crippen LogP contribution in [0.5, 0.6) is 0 Å². The molecule has 1 saturated heterocycles. The molecular formula is C19H26ClN7O. The molecule has 0 aliphatic carbocycles. The van der Waals surface area contributed by atoms with Gasteiger partial charge in [-0.3, -0.25) is 14.8 Å². The molecule has 1 aromatic carbocycles. The van der Waals surface area contributed by atoms with Crippen LogP contribution in [0, 0.1) is 6.92 Å². The van der Waals surface area contributed by atoms with Gasteiger partial charge in [-0.2, -0.15) is 9.50 Å². The highest BCUT2D eigenvalue weighted by Gasteiger charge is 2.16. The molecule has 0 amide bonds. The van der Waals surface area contributed by atoms with Crippen LogP contribution in [-0.2, 0) is 13.1 Å². The molecule has 0 atom stereocenters. The lowest BCUT2D eigenvalue weighted by molar-refractivity contribution is 0.147. The molecule has 28 heavy (non-hydrogen) atoms. The van der Waals surface area contributed by atoms with Gasteiger partial charge in [-0.25, -0.2) is 4.98 Å². The number of aromatic amines is 1. The Bertz CT molecular complexity index is 974. The zero-order chi connectivity index (χ0) is 18.8. The van der Waals surface area contributed by atoms with E-state index < -0.39 is 0 Å². The van der Waals surface area contributed by atoms with Crippen LogP contribution in [0.2, 0.25) is 0 Å². The molecular weight excluding hydrogens is 378 g/mol. The lowest BCUT2D eigenvalue weighted by Gasteiger charge is -2.31. The minimum Gasteiger partial charge on any atom is -0.351 e. The largest absolute Gasteiger partial charge is 0.351 e. The Morgan fingerprint density at radius 1 is 1.11 bits per heavy atom. The minimum absolute atomic E-state index is 0. The van der Waals surface area contributed by atoms with Gasteiger partial charge in [-0.15, -0.1) is 12.4 Å². The second-order valence-electron chi connectivity index (χ2n) is 7.21. The Hall–Kier alpha value is -2.42. The van der Waals surface area contributed by atoms with E-state index in [9.17, 15) is 4.79 Å². The molecule has 1 fully saturated rings. The van der Waals surface area contributed by atoms with Gasteiger partial charge in [-0.1, -0.05) is 29.8 Å². The molecule has 150 valence electrons. The van der Waals surface area contributed by atoms with Gasteiger partial charge in [0.2, 0.25) is 5.95 Å². The second kappa shape index (κ2) is 8.72. The summed E-state index contributed by atoms with van der Waals surface area (Å²) in [6, 6.07) is 9.89. The number of nitrogens with one attached hydrogen (secondary N) is 2. The van der Waals surface area contributed by atoms with Crippen molar-refractivity contribution in [3.8, 4) is 0 Å². The summed E-state index contributed by atoms with van der Waals surface area (Å²) in [4.78, 5) is 26.0. The molecule has 0 spiro atoms. The maximum absolute atomic E-state index is 12.4. The Morgan fingerprint density at radius 3 is 2.54 bits per heavy atom. The maximum atomic E-state index is 12.4. The summed E-state index contributed by atoms with van der Waals surface area (Å²) in [5, 5.41) is 6.20. The molecule has 4 rings (SSSR count). The number of anilines is 1. The molecule has 1 aliphatic rings. The van der Waals surface area contributed by atoms with Crippen molar-refractivity contribution in [2.75, 3.05) is 38.5 Å². The summed E-state index contributed by atoms with van der Waals surface area (Å²) in [6.45, 7) is 7.42. The fraction of sp³-hybridized carbons (Fsp3) is 0.421. The van der Waals surface area contributed by atoms with Gasteiger partial charge >= 0.3 is 0 Å². The summed E-state index contributed by atoms with van der Waals surface area (Å²) in [5.41, 5.74) is 3.00. The third-order valence-corrected chi connectivity index (χ3v) is 4.95. The van der Waals surface area contributed by atoms with Crippen LogP contribution in [0.3, 0.4) is 0 Å². The first-order chi connectivity index (χ1) is 13.1. The van der Waals surface area contributed by atoms with Crippen LogP contribution < -0.4 is 10.9 Å². The number of rotatable bonds is 5. The highest BCUT2D eigenvalue weighted by molar-refractivity contribution is 5.85. The standard InChI is InChI=1S/C19H25N7O.ClH/c1-14-3-5-15(6-4-14)12-20-18-22-19-21-16(11-17(27)26(19)23-18)13-25-9-7-24(2)8-10-25;/h3-6,11H,7-10,12-13H2,1-2H3,(H2,20,21,22,23);1H. The quantitative estimate of drug-likeness (QED) is 0.672. The van der Waals surface area contributed by atoms with E-state index in [1.165, 1.54) is 10.1 Å². The number of likely N-dealkylation sites (N-methyl/N-ethyl adjacent to an activating group) is 1. The van der Waals surface area contributed by atoms with Crippen LogP contribution in [0.4, 0.5) is 5.95 Å². The van der Waals surface area contributed by atoms with E-state index in [1.807, 2.05) is 0 Å². The lowest BCUT2D eigenvalue weighted by Crippen LogP contribution is -2.44. The molecule has 0 saturated carbocycles. The predicted octanol–water partition coefficient (Wildman–Crippen LogP) is 1.51. The number of H-pyrrole nitrogens is 1. The van der Waals surface area contributed by atoms with Crippen molar-refractivity contribution < 1.29 is 0 Å². The Balaban J connectivity index is 0.00000225. The van der Waals surface area contributed by atoms with Gasteiger partial charge in [0, 0.05) is 45.3 Å². The Labute approximate surface area is 170 Å². The number of nitrogens with zero attached hydrogens (tertiary/aromatic N) is 5. The van der Waals surface area contributed by atoms with Gasteiger partial charge in [-0.05, 0) is 19.5 Å². The SMILES string of the molecule is Cc1ccc(CNc2nc3nc(CN4CCN(C)CC4)cc(=O)n3[nH]2)cc1.Cl. The summed E-state index contributed by atoms with van der Waals surface area (Å²) < 4.78 is 1.38. The van der Waals surface area contributed by atoms with E-state index >= 15 is 0 Å². The summed E-state index contributed by atoms with van der Waals surface area (Å²) >= 11 is 0. The maximum Gasteiger partial charge on any atom is 0.274 e. The molecule has 0 unspecified atom stereocenters. The fourth-order valence-corrected chi connectivity index (χ4v) is 3.21. The monoisotopic (exact) mass is 403 g/mol. The first-order valence-corrected chi connectivity index (χ1v) is 9.26. The molecule has 3 heterocycles. The van der Waals surface area contributed by atoms with E-state index in [-0.39, 0.29) is 18.0 Å². The number of fused-ring (bicyclic) bond motifs is 1. The zero-order valence-electron chi connectivity index (χ0n) is 16.2. The molecule has 2 N–H and O–H groups in total. The van der Waals surface area contributed by atoms with E-state index in [1.54, 1.807) is 6.07 Å².